The summed E-state index contributed by atoms with van der Waals surface area (Å²) in [4.78, 5) is 11.4. The van der Waals surface area contributed by atoms with E-state index in [1.807, 2.05) is 48.7 Å². The number of hydrogen-bond donors (Lipinski definition) is 0. The lowest BCUT2D eigenvalue weighted by atomic mass is 10.1. The minimum atomic E-state index is -0.372. The highest BCUT2D eigenvalue weighted by Crippen LogP contribution is 2.34. The van der Waals surface area contributed by atoms with Crippen LogP contribution in [-0.4, -0.2) is 22.7 Å². The van der Waals surface area contributed by atoms with Crippen molar-refractivity contribution in [3.05, 3.63) is 48.7 Å². The fourth-order valence-corrected chi connectivity index (χ4v) is 2.16. The Labute approximate surface area is 121 Å². The van der Waals surface area contributed by atoms with E-state index in [9.17, 15) is 4.79 Å². The summed E-state index contributed by atoms with van der Waals surface area (Å²) < 4.78 is 12.2. The second-order valence-corrected chi connectivity index (χ2v) is 4.53. The first kappa shape index (κ1) is 13.2. The molecule has 5 nitrogen and oxygen atoms in total. The molecule has 0 amide bonds. The van der Waals surface area contributed by atoms with Gasteiger partial charge in [0.2, 0.25) is 0 Å². The monoisotopic (exact) mass is 282 g/mol. The lowest BCUT2D eigenvalue weighted by Crippen LogP contribution is -2.02. The van der Waals surface area contributed by atoms with Gasteiger partial charge in [0, 0.05) is 18.7 Å². The molecule has 0 unspecified atom stereocenters. The van der Waals surface area contributed by atoms with Crippen molar-refractivity contribution in [2.75, 3.05) is 7.11 Å². The van der Waals surface area contributed by atoms with Gasteiger partial charge in [0.15, 0.2) is 5.75 Å². The van der Waals surface area contributed by atoms with Crippen molar-refractivity contribution in [1.29, 1.82) is 0 Å². The van der Waals surface area contributed by atoms with Crippen molar-refractivity contribution in [2.45, 2.75) is 6.92 Å². The average molecular weight is 282 g/mol. The van der Waals surface area contributed by atoms with E-state index in [2.05, 4.69) is 5.10 Å². The van der Waals surface area contributed by atoms with Gasteiger partial charge in [0.1, 0.15) is 17.0 Å². The first-order valence-electron chi connectivity index (χ1n) is 6.49. The zero-order chi connectivity index (χ0) is 14.8. The zero-order valence-electron chi connectivity index (χ0n) is 11.7. The predicted octanol–water partition coefficient (Wildman–Crippen LogP) is 2.94. The van der Waals surface area contributed by atoms with Crippen molar-refractivity contribution in [3.63, 3.8) is 0 Å². The first-order valence-corrected chi connectivity index (χ1v) is 6.49. The second kappa shape index (κ2) is 5.28. The Morgan fingerprint density at radius 3 is 2.57 bits per heavy atom. The van der Waals surface area contributed by atoms with Gasteiger partial charge in [-0.2, -0.15) is 5.10 Å². The molecule has 0 N–H and O–H groups in total. The minimum absolute atomic E-state index is 0.372. The molecule has 21 heavy (non-hydrogen) atoms. The third kappa shape index (κ3) is 2.45. The van der Waals surface area contributed by atoms with E-state index in [1.54, 1.807) is 11.6 Å². The SMILES string of the molecule is COc1ccc(-c2nn3ccccc3c2OC(C)=O)cc1. The molecular formula is C16H14N2O3. The standard InChI is InChI=1S/C16H14N2O3/c1-11(19)21-16-14-5-3-4-10-18(14)17-15(16)12-6-8-13(20-2)9-7-12/h3-10H,1-2H3. The Balaban J connectivity index is 2.17. The fraction of sp³-hybridized carbons (Fsp3) is 0.125. The lowest BCUT2D eigenvalue weighted by Gasteiger charge is -2.04. The number of pyridine rings is 1. The van der Waals surface area contributed by atoms with E-state index in [0.29, 0.717) is 11.4 Å². The van der Waals surface area contributed by atoms with Crippen molar-refractivity contribution in [1.82, 2.24) is 9.61 Å². The van der Waals surface area contributed by atoms with Crippen LogP contribution in [0.15, 0.2) is 48.7 Å². The number of aromatic nitrogens is 2. The highest BCUT2D eigenvalue weighted by molar-refractivity contribution is 5.82. The van der Waals surface area contributed by atoms with E-state index < -0.39 is 0 Å². The number of carbonyl (C=O) groups excluding carboxylic acids is 1. The second-order valence-electron chi connectivity index (χ2n) is 4.53. The number of carbonyl (C=O) groups is 1. The number of fused-ring (bicyclic) bond motifs is 1. The molecule has 2 heterocycles. The summed E-state index contributed by atoms with van der Waals surface area (Å²) in [5.74, 6) is 0.855. The van der Waals surface area contributed by atoms with Crippen molar-refractivity contribution >= 4 is 11.5 Å². The molecule has 0 fully saturated rings. The highest BCUT2D eigenvalue weighted by atomic mass is 16.5. The third-order valence-corrected chi connectivity index (χ3v) is 3.10. The minimum Gasteiger partial charge on any atom is -0.497 e. The zero-order valence-corrected chi connectivity index (χ0v) is 11.7. The van der Waals surface area contributed by atoms with E-state index in [1.165, 1.54) is 6.92 Å². The topological polar surface area (TPSA) is 52.8 Å². The van der Waals surface area contributed by atoms with Crippen molar-refractivity contribution < 1.29 is 14.3 Å². The van der Waals surface area contributed by atoms with Gasteiger partial charge in [-0.05, 0) is 36.4 Å². The van der Waals surface area contributed by atoms with Gasteiger partial charge in [0.25, 0.3) is 0 Å². The Kier molecular flexibility index (Phi) is 3.31. The van der Waals surface area contributed by atoms with Gasteiger partial charge in [-0.3, -0.25) is 4.79 Å². The Morgan fingerprint density at radius 1 is 1.14 bits per heavy atom. The molecule has 1 aromatic carbocycles. The molecule has 0 saturated carbocycles. The highest BCUT2D eigenvalue weighted by Gasteiger charge is 2.17. The van der Waals surface area contributed by atoms with Crippen LogP contribution in [-0.2, 0) is 4.79 Å². The van der Waals surface area contributed by atoms with Crippen LogP contribution in [0, 0.1) is 0 Å². The number of methoxy groups -OCH3 is 1. The van der Waals surface area contributed by atoms with Crippen LogP contribution in [0.1, 0.15) is 6.92 Å². The number of ether oxygens (including phenoxy) is 2. The van der Waals surface area contributed by atoms with Crippen LogP contribution in [0.3, 0.4) is 0 Å². The van der Waals surface area contributed by atoms with E-state index >= 15 is 0 Å². The maximum absolute atomic E-state index is 11.4. The molecule has 3 aromatic rings. The van der Waals surface area contributed by atoms with Crippen LogP contribution in [0.5, 0.6) is 11.5 Å². The number of hydrogen-bond acceptors (Lipinski definition) is 4. The van der Waals surface area contributed by atoms with Gasteiger partial charge in [-0.1, -0.05) is 6.07 Å². The number of esters is 1. The molecule has 2 aromatic heterocycles. The molecule has 3 rings (SSSR count). The molecule has 0 spiro atoms. The van der Waals surface area contributed by atoms with Crippen molar-refractivity contribution in [2.24, 2.45) is 0 Å². The van der Waals surface area contributed by atoms with Crippen LogP contribution < -0.4 is 9.47 Å². The number of nitrogens with zero attached hydrogens (tertiary/aromatic N) is 2. The maximum atomic E-state index is 11.4. The smallest absolute Gasteiger partial charge is 0.308 e. The van der Waals surface area contributed by atoms with E-state index in [4.69, 9.17) is 9.47 Å². The predicted molar refractivity (Wildman–Crippen MR) is 78.5 cm³/mol. The molecule has 0 aliphatic heterocycles. The lowest BCUT2D eigenvalue weighted by molar-refractivity contribution is -0.131. The normalized spacial score (nSPS) is 10.6. The fourth-order valence-electron chi connectivity index (χ4n) is 2.16. The third-order valence-electron chi connectivity index (χ3n) is 3.10. The Bertz CT molecular complexity index is 791. The summed E-state index contributed by atoms with van der Waals surface area (Å²) in [5, 5.41) is 4.49. The summed E-state index contributed by atoms with van der Waals surface area (Å²) in [7, 11) is 1.62. The van der Waals surface area contributed by atoms with Gasteiger partial charge in [0.05, 0.1) is 7.11 Å². The average Bonchev–Trinajstić information content (AvgIpc) is 2.86. The first-order chi connectivity index (χ1) is 10.2. The maximum Gasteiger partial charge on any atom is 0.308 e. The van der Waals surface area contributed by atoms with Gasteiger partial charge in [-0.15, -0.1) is 0 Å². The molecule has 0 atom stereocenters. The molecule has 5 heteroatoms. The number of benzene rings is 1. The number of rotatable bonds is 3. The van der Waals surface area contributed by atoms with Gasteiger partial charge < -0.3 is 9.47 Å². The summed E-state index contributed by atoms with van der Waals surface area (Å²) in [5.41, 5.74) is 2.23. The van der Waals surface area contributed by atoms with Crippen molar-refractivity contribution in [3.8, 4) is 22.8 Å². The summed E-state index contributed by atoms with van der Waals surface area (Å²) in [6.07, 6.45) is 1.81. The molecule has 0 radical (unpaired) electrons. The molecule has 106 valence electrons. The van der Waals surface area contributed by atoms with Crippen LogP contribution >= 0.6 is 0 Å². The summed E-state index contributed by atoms with van der Waals surface area (Å²) in [6.45, 7) is 1.38. The van der Waals surface area contributed by atoms with E-state index in [0.717, 1.165) is 16.8 Å². The summed E-state index contributed by atoms with van der Waals surface area (Å²) in [6, 6.07) is 13.1. The largest absolute Gasteiger partial charge is 0.497 e. The van der Waals surface area contributed by atoms with Gasteiger partial charge >= 0.3 is 5.97 Å². The summed E-state index contributed by atoms with van der Waals surface area (Å²) >= 11 is 0. The van der Waals surface area contributed by atoms with Crippen LogP contribution in [0.2, 0.25) is 0 Å². The molecular weight excluding hydrogens is 268 g/mol. The van der Waals surface area contributed by atoms with Gasteiger partial charge in [-0.25, -0.2) is 4.52 Å². The van der Waals surface area contributed by atoms with Crippen LogP contribution in [0.25, 0.3) is 16.8 Å². The Morgan fingerprint density at radius 2 is 1.90 bits per heavy atom. The Hall–Kier alpha value is -2.82. The van der Waals surface area contributed by atoms with E-state index in [-0.39, 0.29) is 5.97 Å². The molecule has 0 aliphatic rings. The molecule has 0 saturated heterocycles. The van der Waals surface area contributed by atoms with Crippen LogP contribution in [0.4, 0.5) is 0 Å². The quantitative estimate of drug-likeness (QED) is 0.693. The molecule has 0 bridgehead atoms. The molecule has 0 aliphatic carbocycles.